The number of hydrogen-bond acceptors (Lipinski definition) is 5. The maximum absolute atomic E-state index is 13.1. The highest BCUT2D eigenvalue weighted by atomic mass is 16.5. The largest absolute Gasteiger partial charge is 0.497 e. The van der Waals surface area contributed by atoms with E-state index in [2.05, 4.69) is 11.5 Å². The second kappa shape index (κ2) is 9.45. The number of carbonyl (C=O) groups excluding carboxylic acids is 1. The van der Waals surface area contributed by atoms with Gasteiger partial charge < -0.3 is 14.5 Å². The molecule has 0 radical (unpaired) electrons. The number of piperazine rings is 1. The molecule has 8 nitrogen and oxygen atoms in total. The van der Waals surface area contributed by atoms with Crippen LogP contribution in [0.2, 0.25) is 0 Å². The van der Waals surface area contributed by atoms with Crippen molar-refractivity contribution in [2.24, 2.45) is 18.9 Å². The first kappa shape index (κ1) is 23.1. The summed E-state index contributed by atoms with van der Waals surface area (Å²) in [7, 11) is 3.25. The van der Waals surface area contributed by atoms with Gasteiger partial charge in [0.25, 0.3) is 5.56 Å². The van der Waals surface area contributed by atoms with Crippen molar-refractivity contribution in [2.45, 2.75) is 39.2 Å². The topological polar surface area (TPSA) is 76.8 Å². The van der Waals surface area contributed by atoms with E-state index in [4.69, 9.17) is 4.74 Å². The van der Waals surface area contributed by atoms with Crippen LogP contribution in [0.1, 0.15) is 32.6 Å². The molecule has 2 aliphatic rings. The fourth-order valence-corrected chi connectivity index (χ4v) is 5.20. The first-order valence-corrected chi connectivity index (χ1v) is 11.8. The third-order valence-corrected chi connectivity index (χ3v) is 7.33. The maximum Gasteiger partial charge on any atom is 0.331 e. The second-order valence-electron chi connectivity index (χ2n) is 9.41. The third-order valence-electron chi connectivity index (χ3n) is 7.33. The van der Waals surface area contributed by atoms with Crippen molar-refractivity contribution in [3.8, 4) is 5.75 Å². The van der Waals surface area contributed by atoms with Crippen molar-refractivity contribution in [3.63, 3.8) is 0 Å². The third kappa shape index (κ3) is 4.56. The van der Waals surface area contributed by atoms with Crippen LogP contribution in [0, 0.1) is 11.8 Å². The second-order valence-corrected chi connectivity index (χ2v) is 9.41. The lowest BCUT2D eigenvalue weighted by Gasteiger charge is -2.39. The zero-order valence-electron chi connectivity index (χ0n) is 19.9. The molecule has 0 bridgehead atoms. The summed E-state index contributed by atoms with van der Waals surface area (Å²) in [6, 6.07) is 5.19. The minimum Gasteiger partial charge on any atom is -0.497 e. The first-order valence-electron chi connectivity index (χ1n) is 11.8. The maximum atomic E-state index is 13.1. The Morgan fingerprint density at radius 2 is 1.70 bits per heavy atom. The van der Waals surface area contributed by atoms with Crippen LogP contribution in [0.4, 0.5) is 0 Å². The SMILES string of the molecule is C=C(C)N1CCN(C(=O)[C@H]2CC[C@H](Cn3c(=O)c4cc(OC)ccc4n(C)c3=O)CC2)CC1. The van der Waals surface area contributed by atoms with Crippen LogP contribution in [-0.2, 0) is 18.4 Å². The molecule has 1 amide bonds. The minimum atomic E-state index is -0.300. The first-order chi connectivity index (χ1) is 15.8. The van der Waals surface area contributed by atoms with E-state index in [0.29, 0.717) is 23.2 Å². The average molecular weight is 455 g/mol. The highest BCUT2D eigenvalue weighted by molar-refractivity contribution is 5.80. The standard InChI is InChI=1S/C25H34N4O4/c1-17(2)27-11-13-28(14-12-27)23(30)19-7-5-18(6-8-19)16-29-24(31)21-15-20(33-4)9-10-22(21)26(3)25(29)32/h9-10,15,18-19H,1,5-8,11-14,16H2,2-4H3/t18-,19-. The number of aryl methyl sites for hydroxylation is 1. The molecule has 1 saturated heterocycles. The van der Waals surface area contributed by atoms with E-state index in [1.54, 1.807) is 32.4 Å². The van der Waals surface area contributed by atoms with Gasteiger partial charge in [-0.05, 0) is 56.7 Å². The van der Waals surface area contributed by atoms with E-state index in [1.165, 1.54) is 9.13 Å². The monoisotopic (exact) mass is 454 g/mol. The van der Waals surface area contributed by atoms with Crippen LogP contribution in [0.15, 0.2) is 40.1 Å². The number of allylic oxidation sites excluding steroid dienone is 1. The van der Waals surface area contributed by atoms with Crippen LogP contribution in [0.5, 0.6) is 5.75 Å². The zero-order chi connectivity index (χ0) is 23.7. The number of methoxy groups -OCH3 is 1. The summed E-state index contributed by atoms with van der Waals surface area (Å²) in [6.07, 6.45) is 3.29. The summed E-state index contributed by atoms with van der Waals surface area (Å²) in [5, 5.41) is 0.481. The molecule has 33 heavy (non-hydrogen) atoms. The van der Waals surface area contributed by atoms with Crippen LogP contribution in [0.3, 0.4) is 0 Å². The Bertz CT molecular complexity index is 1170. The van der Waals surface area contributed by atoms with E-state index in [0.717, 1.165) is 57.6 Å². The Morgan fingerprint density at radius 1 is 1.06 bits per heavy atom. The normalized spacial score (nSPS) is 21.3. The van der Waals surface area contributed by atoms with Crippen molar-refractivity contribution in [1.29, 1.82) is 0 Å². The molecule has 1 aromatic heterocycles. The summed E-state index contributed by atoms with van der Waals surface area (Å²) < 4.78 is 8.14. The Kier molecular flexibility index (Phi) is 6.63. The molecular weight excluding hydrogens is 420 g/mol. The summed E-state index contributed by atoms with van der Waals surface area (Å²) in [6.45, 7) is 9.56. The van der Waals surface area contributed by atoms with Crippen LogP contribution >= 0.6 is 0 Å². The predicted molar refractivity (Wildman–Crippen MR) is 128 cm³/mol. The molecule has 8 heteroatoms. The van der Waals surface area contributed by atoms with Crippen molar-refractivity contribution in [1.82, 2.24) is 18.9 Å². The van der Waals surface area contributed by atoms with Gasteiger partial charge in [0.15, 0.2) is 0 Å². The molecule has 1 aliphatic heterocycles. The average Bonchev–Trinajstić information content (AvgIpc) is 2.85. The molecule has 4 rings (SSSR count). The smallest absolute Gasteiger partial charge is 0.331 e. The molecular formula is C25H34N4O4. The number of nitrogens with zero attached hydrogens (tertiary/aromatic N) is 4. The van der Waals surface area contributed by atoms with Crippen molar-refractivity contribution < 1.29 is 9.53 Å². The molecule has 2 aromatic rings. The number of rotatable bonds is 5. The molecule has 0 spiro atoms. The molecule has 1 aliphatic carbocycles. The zero-order valence-corrected chi connectivity index (χ0v) is 19.9. The van der Waals surface area contributed by atoms with E-state index in [1.807, 2.05) is 11.8 Å². The van der Waals surface area contributed by atoms with Gasteiger partial charge in [-0.2, -0.15) is 0 Å². The predicted octanol–water partition coefficient (Wildman–Crippen LogP) is 2.19. The summed E-state index contributed by atoms with van der Waals surface area (Å²) in [5.41, 5.74) is 1.08. The van der Waals surface area contributed by atoms with Crippen LogP contribution in [0.25, 0.3) is 10.9 Å². The highest BCUT2D eigenvalue weighted by Crippen LogP contribution is 2.31. The molecule has 2 heterocycles. The number of fused-ring (bicyclic) bond motifs is 1. The van der Waals surface area contributed by atoms with Gasteiger partial charge >= 0.3 is 5.69 Å². The highest BCUT2D eigenvalue weighted by Gasteiger charge is 2.31. The summed E-state index contributed by atoms with van der Waals surface area (Å²) in [5.74, 6) is 1.09. The Hall–Kier alpha value is -3.03. The molecule has 0 atom stereocenters. The minimum absolute atomic E-state index is 0.0399. The van der Waals surface area contributed by atoms with Gasteiger partial charge in [-0.1, -0.05) is 6.58 Å². The molecule has 1 saturated carbocycles. The van der Waals surface area contributed by atoms with Crippen LogP contribution in [-0.4, -0.2) is 58.1 Å². The quantitative estimate of drug-likeness (QED) is 0.692. The van der Waals surface area contributed by atoms with Gasteiger partial charge in [0.2, 0.25) is 5.91 Å². The number of benzene rings is 1. The molecule has 0 unspecified atom stereocenters. The Balaban J connectivity index is 1.42. The van der Waals surface area contributed by atoms with Gasteiger partial charge in [0.05, 0.1) is 18.0 Å². The Labute approximate surface area is 194 Å². The van der Waals surface area contributed by atoms with Gasteiger partial charge in [-0.25, -0.2) is 4.79 Å². The Morgan fingerprint density at radius 3 is 2.30 bits per heavy atom. The molecule has 2 fully saturated rings. The van der Waals surface area contributed by atoms with Crippen molar-refractivity contribution >= 4 is 16.8 Å². The van der Waals surface area contributed by atoms with Gasteiger partial charge in [0.1, 0.15) is 5.75 Å². The van der Waals surface area contributed by atoms with Gasteiger partial charge in [0, 0.05) is 51.4 Å². The number of hydrogen-bond donors (Lipinski definition) is 0. The van der Waals surface area contributed by atoms with E-state index in [9.17, 15) is 14.4 Å². The number of ether oxygens (including phenoxy) is 1. The molecule has 1 aromatic carbocycles. The van der Waals surface area contributed by atoms with E-state index < -0.39 is 0 Å². The molecule has 178 valence electrons. The number of carbonyl (C=O) groups is 1. The number of amides is 1. The summed E-state index contributed by atoms with van der Waals surface area (Å²) in [4.78, 5) is 43.3. The lowest BCUT2D eigenvalue weighted by molar-refractivity contribution is -0.138. The van der Waals surface area contributed by atoms with E-state index >= 15 is 0 Å². The van der Waals surface area contributed by atoms with Crippen molar-refractivity contribution in [2.75, 3.05) is 33.3 Å². The number of aromatic nitrogens is 2. The lowest BCUT2D eigenvalue weighted by atomic mass is 9.81. The fraction of sp³-hybridized carbons (Fsp3) is 0.560. The van der Waals surface area contributed by atoms with Crippen LogP contribution < -0.4 is 16.0 Å². The van der Waals surface area contributed by atoms with Crippen molar-refractivity contribution in [3.05, 3.63) is 51.3 Å². The van der Waals surface area contributed by atoms with E-state index in [-0.39, 0.29) is 29.0 Å². The lowest BCUT2D eigenvalue weighted by Crippen LogP contribution is -2.50. The van der Waals surface area contributed by atoms with Gasteiger partial charge in [-0.3, -0.25) is 18.7 Å². The molecule has 0 N–H and O–H groups in total. The fourth-order valence-electron chi connectivity index (χ4n) is 5.20. The summed E-state index contributed by atoms with van der Waals surface area (Å²) >= 11 is 0. The van der Waals surface area contributed by atoms with Gasteiger partial charge in [-0.15, -0.1) is 0 Å².